The molecule has 8 heteroatoms. The van der Waals surface area contributed by atoms with Crippen LogP contribution in [0.4, 0.5) is 5.82 Å². The minimum Gasteiger partial charge on any atom is -0.481 e. The molecule has 4 rings (SSSR count). The Kier molecular flexibility index (Phi) is 14.4. The lowest BCUT2D eigenvalue weighted by atomic mass is 9.80. The number of carbonyl (C=O) groups is 1. The van der Waals surface area contributed by atoms with Crippen molar-refractivity contribution < 1.29 is 25.2 Å². The lowest BCUT2D eigenvalue weighted by Crippen LogP contribution is -2.37. The molecule has 2 aliphatic carbocycles. The summed E-state index contributed by atoms with van der Waals surface area (Å²) in [5, 5.41) is 43.9. The Morgan fingerprint density at radius 2 is 1.85 bits per heavy atom. The van der Waals surface area contributed by atoms with Crippen LogP contribution >= 0.6 is 0 Å². The molecule has 0 radical (unpaired) electrons. The number of carboxylic acid groups (broad SMARTS) is 1. The molecule has 1 fully saturated rings. The normalized spacial score (nSPS) is 27.2. The molecule has 2 aliphatic rings. The highest BCUT2D eigenvalue weighted by atomic mass is 16.4. The lowest BCUT2D eigenvalue weighted by molar-refractivity contribution is -0.146. The number of H-pyrrole nitrogens is 1. The van der Waals surface area contributed by atoms with Gasteiger partial charge in [-0.1, -0.05) is 64.5 Å². The number of allylic oxidation sites excluding steroid dienone is 1. The van der Waals surface area contributed by atoms with Gasteiger partial charge in [0.1, 0.15) is 5.82 Å². The fourth-order valence-electron chi connectivity index (χ4n) is 8.29. The van der Waals surface area contributed by atoms with Crippen LogP contribution in [-0.4, -0.2) is 54.2 Å². The number of nitrogen functional groups attached to an aromatic ring is 1. The third kappa shape index (κ3) is 11.2. The minimum atomic E-state index is -1.01. The Hall–Kier alpha value is -2.68. The standard InChI is InChI=1S/C39H61N3O5/c1-3-5-7-10-28-13-14-31(36(44)22-28)11-8-6-9-12-34(38(45)46)35(43)15-17-39(47)25-30(19-29-16-18-41-37(40)23-29)20-32(39)24-33-21-27(4-2)26-42-33/h13-14,16,18,21,23,26,28,30-32,34-36,42-44,47H,3-12,15,17,19-20,22,24-25H2,1-2H3,(H2,40,41)(H,45,46). The number of aromatic amines is 1. The number of pyridine rings is 1. The Morgan fingerprint density at radius 3 is 2.55 bits per heavy atom. The highest BCUT2D eigenvalue weighted by Gasteiger charge is 2.46. The van der Waals surface area contributed by atoms with Crippen molar-refractivity contribution in [2.45, 2.75) is 141 Å². The van der Waals surface area contributed by atoms with Gasteiger partial charge in [0.2, 0.25) is 0 Å². The van der Waals surface area contributed by atoms with E-state index >= 15 is 0 Å². The summed E-state index contributed by atoms with van der Waals surface area (Å²) in [5.41, 5.74) is 8.38. The van der Waals surface area contributed by atoms with Gasteiger partial charge < -0.3 is 31.1 Å². The summed E-state index contributed by atoms with van der Waals surface area (Å²) in [6.07, 6.45) is 21.0. The number of aliphatic hydroxyl groups excluding tert-OH is 2. The second kappa shape index (κ2) is 18.2. The van der Waals surface area contributed by atoms with Crippen LogP contribution < -0.4 is 5.73 Å². The average Bonchev–Trinajstić information content (AvgIpc) is 3.62. The van der Waals surface area contributed by atoms with Crippen molar-refractivity contribution in [3.8, 4) is 0 Å². The summed E-state index contributed by atoms with van der Waals surface area (Å²) in [6, 6.07) is 6.04. The Labute approximate surface area is 282 Å². The van der Waals surface area contributed by atoms with Gasteiger partial charge in [-0.2, -0.15) is 0 Å². The second-order valence-electron chi connectivity index (χ2n) is 14.8. The van der Waals surface area contributed by atoms with Gasteiger partial charge in [-0.25, -0.2) is 4.98 Å². The first-order valence-electron chi connectivity index (χ1n) is 18.5. The molecule has 2 aromatic rings. The summed E-state index contributed by atoms with van der Waals surface area (Å²) in [6.45, 7) is 4.33. The number of carboxylic acids is 1. The first-order chi connectivity index (χ1) is 22.6. The van der Waals surface area contributed by atoms with Crippen molar-refractivity contribution in [1.29, 1.82) is 0 Å². The van der Waals surface area contributed by atoms with Gasteiger partial charge in [0.15, 0.2) is 0 Å². The second-order valence-corrected chi connectivity index (χ2v) is 14.8. The average molecular weight is 652 g/mol. The number of aryl methyl sites for hydroxylation is 1. The quantitative estimate of drug-likeness (QED) is 0.0664. The minimum absolute atomic E-state index is 0.00123. The van der Waals surface area contributed by atoms with E-state index in [2.05, 4.69) is 42.0 Å². The molecule has 7 N–H and O–H groups in total. The van der Waals surface area contributed by atoms with Crippen LogP contribution in [0.25, 0.3) is 0 Å². The summed E-state index contributed by atoms with van der Waals surface area (Å²) in [5.74, 6) is -0.420. The maximum Gasteiger partial charge on any atom is 0.309 e. The van der Waals surface area contributed by atoms with Gasteiger partial charge in [-0.3, -0.25) is 4.79 Å². The molecular formula is C39H61N3O5. The summed E-state index contributed by atoms with van der Waals surface area (Å²) >= 11 is 0. The van der Waals surface area contributed by atoms with Crippen molar-refractivity contribution >= 4 is 11.8 Å². The van der Waals surface area contributed by atoms with Gasteiger partial charge in [0.05, 0.1) is 23.7 Å². The molecule has 2 aromatic heterocycles. The molecule has 0 saturated heterocycles. The van der Waals surface area contributed by atoms with Crippen LogP contribution in [0.1, 0.15) is 121 Å². The van der Waals surface area contributed by atoms with Crippen LogP contribution in [-0.2, 0) is 24.1 Å². The van der Waals surface area contributed by atoms with Gasteiger partial charge in [0, 0.05) is 24.0 Å². The number of aliphatic carboxylic acids is 1. The van der Waals surface area contributed by atoms with Crippen LogP contribution in [0.5, 0.6) is 0 Å². The Balaban J connectivity index is 1.27. The highest BCUT2D eigenvalue weighted by Crippen LogP contribution is 2.46. The van der Waals surface area contributed by atoms with E-state index in [0.717, 1.165) is 69.0 Å². The molecule has 2 heterocycles. The Morgan fingerprint density at radius 1 is 1.04 bits per heavy atom. The third-order valence-electron chi connectivity index (χ3n) is 11.1. The van der Waals surface area contributed by atoms with Gasteiger partial charge in [-0.15, -0.1) is 0 Å². The van der Waals surface area contributed by atoms with Crippen LogP contribution in [0.15, 0.2) is 42.7 Å². The maximum absolute atomic E-state index is 12.2. The topological polar surface area (TPSA) is 153 Å². The first kappa shape index (κ1) is 37.1. The number of nitrogens with two attached hydrogens (primary N) is 1. The number of hydrogen-bond donors (Lipinski definition) is 6. The van der Waals surface area contributed by atoms with E-state index in [9.17, 15) is 25.2 Å². The van der Waals surface area contributed by atoms with E-state index in [0.29, 0.717) is 37.4 Å². The largest absolute Gasteiger partial charge is 0.481 e. The van der Waals surface area contributed by atoms with Gasteiger partial charge in [-0.05, 0) is 118 Å². The molecule has 0 spiro atoms. The fourth-order valence-corrected chi connectivity index (χ4v) is 8.29. The highest BCUT2D eigenvalue weighted by molar-refractivity contribution is 5.70. The van der Waals surface area contributed by atoms with Gasteiger partial charge >= 0.3 is 5.97 Å². The number of aliphatic hydroxyl groups is 3. The number of rotatable bonds is 20. The van der Waals surface area contributed by atoms with E-state index in [1.807, 2.05) is 18.3 Å². The van der Waals surface area contributed by atoms with Crippen LogP contribution in [0.3, 0.4) is 0 Å². The van der Waals surface area contributed by atoms with E-state index in [1.165, 1.54) is 24.8 Å². The molecule has 0 bridgehead atoms. The zero-order valence-corrected chi connectivity index (χ0v) is 28.8. The SMILES string of the molecule is CCCCCC1C=CC(CCCCCC(C(=O)O)C(O)CCC2(O)CC(Cc3ccnc(N)c3)CC2Cc2cc(CC)c[nH]2)C(O)C1. The molecule has 47 heavy (non-hydrogen) atoms. The number of aromatic nitrogens is 2. The third-order valence-corrected chi connectivity index (χ3v) is 11.1. The summed E-state index contributed by atoms with van der Waals surface area (Å²) in [4.78, 5) is 19.7. The number of nitrogens with zero attached hydrogens (tertiary/aromatic N) is 1. The van der Waals surface area contributed by atoms with E-state index in [4.69, 9.17) is 5.73 Å². The van der Waals surface area contributed by atoms with E-state index < -0.39 is 23.6 Å². The van der Waals surface area contributed by atoms with Crippen molar-refractivity contribution in [3.05, 3.63) is 59.6 Å². The van der Waals surface area contributed by atoms with Crippen molar-refractivity contribution in [1.82, 2.24) is 9.97 Å². The molecular weight excluding hydrogens is 590 g/mol. The number of hydrogen-bond acceptors (Lipinski definition) is 6. The van der Waals surface area contributed by atoms with Crippen molar-refractivity contribution in [3.63, 3.8) is 0 Å². The monoisotopic (exact) mass is 651 g/mol. The van der Waals surface area contributed by atoms with Crippen LogP contribution in [0, 0.1) is 29.6 Å². The van der Waals surface area contributed by atoms with Crippen molar-refractivity contribution in [2.75, 3.05) is 5.73 Å². The molecule has 8 unspecified atom stereocenters. The maximum atomic E-state index is 12.2. The fraction of sp³-hybridized carbons (Fsp3) is 0.692. The molecule has 262 valence electrons. The van der Waals surface area contributed by atoms with E-state index in [-0.39, 0.29) is 30.3 Å². The molecule has 0 aliphatic heterocycles. The predicted molar refractivity (Wildman–Crippen MR) is 188 cm³/mol. The summed E-state index contributed by atoms with van der Waals surface area (Å²) < 4.78 is 0. The smallest absolute Gasteiger partial charge is 0.309 e. The number of unbranched alkanes of at least 4 members (excludes halogenated alkanes) is 4. The zero-order chi connectivity index (χ0) is 33.8. The van der Waals surface area contributed by atoms with Crippen molar-refractivity contribution in [2.24, 2.45) is 29.6 Å². The predicted octanol–water partition coefficient (Wildman–Crippen LogP) is 7.02. The number of nitrogens with one attached hydrogen (secondary N) is 1. The Bertz CT molecular complexity index is 1260. The molecule has 0 amide bonds. The molecule has 0 aromatic carbocycles. The zero-order valence-electron chi connectivity index (χ0n) is 28.8. The first-order valence-corrected chi connectivity index (χ1v) is 18.5. The lowest BCUT2D eigenvalue weighted by Gasteiger charge is -2.32. The summed E-state index contributed by atoms with van der Waals surface area (Å²) in [7, 11) is 0. The van der Waals surface area contributed by atoms with Gasteiger partial charge in [0.25, 0.3) is 0 Å². The van der Waals surface area contributed by atoms with Crippen LogP contribution in [0.2, 0.25) is 0 Å². The van der Waals surface area contributed by atoms with E-state index in [1.54, 1.807) is 6.20 Å². The molecule has 8 nitrogen and oxygen atoms in total. The molecule has 1 saturated carbocycles. The molecule has 8 atom stereocenters. The number of anilines is 1.